The maximum absolute atomic E-state index is 13.6. The van der Waals surface area contributed by atoms with Crippen LogP contribution in [0.1, 0.15) is 30.0 Å². The first-order chi connectivity index (χ1) is 17.4. The second kappa shape index (κ2) is 7.08. The van der Waals surface area contributed by atoms with Gasteiger partial charge < -0.3 is 29.6 Å². The lowest BCUT2D eigenvalue weighted by Crippen LogP contribution is -2.44. The predicted octanol–water partition coefficient (Wildman–Crippen LogP) is 3.06. The molecule has 3 N–H and O–H groups in total. The van der Waals surface area contributed by atoms with Crippen LogP contribution in [0.4, 0.5) is 5.69 Å². The van der Waals surface area contributed by atoms with Crippen molar-refractivity contribution in [1.82, 2.24) is 9.55 Å². The summed E-state index contributed by atoms with van der Waals surface area (Å²) >= 11 is 0. The molecule has 2 aromatic carbocycles. The van der Waals surface area contributed by atoms with Crippen molar-refractivity contribution in [3.63, 3.8) is 0 Å². The number of ether oxygens (including phenoxy) is 3. The van der Waals surface area contributed by atoms with E-state index < -0.39 is 11.6 Å². The van der Waals surface area contributed by atoms with Gasteiger partial charge in [0.05, 0.1) is 29.0 Å². The molecular weight excluding hydrogens is 462 g/mol. The van der Waals surface area contributed by atoms with Gasteiger partial charge in [-0.1, -0.05) is 19.1 Å². The van der Waals surface area contributed by atoms with Gasteiger partial charge in [0, 0.05) is 28.3 Å². The SMILES string of the molecule is CC[C@@]1(O)C(=O)OCc2c1cc1n(c2=O)Cc2c-1nc1cc3c(cc1c2-c1cccc(N)c1)OCO3. The van der Waals surface area contributed by atoms with E-state index in [2.05, 4.69) is 0 Å². The second-order valence-electron chi connectivity index (χ2n) is 9.27. The Bertz CT molecular complexity index is 1710. The quantitative estimate of drug-likeness (QED) is 0.290. The standard InChI is InChI=1S/C27H21N3O6/c1-2-27(33)18-8-20-24-16(10-30(20)25(31)17(18)11-34-26(27)32)23(13-4-3-5-14(28)6-13)15-7-21-22(36-12-35-21)9-19(15)29-24/h3-9,33H,2,10-12,28H2,1H3/t27-/m0/s1. The van der Waals surface area contributed by atoms with Gasteiger partial charge in [-0.25, -0.2) is 9.78 Å². The molecule has 0 amide bonds. The van der Waals surface area contributed by atoms with Gasteiger partial charge >= 0.3 is 5.97 Å². The fraction of sp³-hybridized carbons (Fsp3) is 0.222. The van der Waals surface area contributed by atoms with Crippen LogP contribution in [0.3, 0.4) is 0 Å². The molecule has 0 spiro atoms. The molecule has 0 bridgehead atoms. The highest BCUT2D eigenvalue weighted by Gasteiger charge is 2.45. The van der Waals surface area contributed by atoms with Crippen LogP contribution in [0.15, 0.2) is 47.3 Å². The molecule has 0 fully saturated rings. The van der Waals surface area contributed by atoms with E-state index in [-0.39, 0.29) is 43.1 Å². The molecule has 3 aliphatic rings. The van der Waals surface area contributed by atoms with Crippen molar-refractivity contribution in [2.75, 3.05) is 12.5 Å². The van der Waals surface area contributed by atoms with E-state index in [1.165, 1.54) is 0 Å². The highest BCUT2D eigenvalue weighted by atomic mass is 16.7. The summed E-state index contributed by atoms with van der Waals surface area (Å²) in [5, 5.41) is 12.0. The van der Waals surface area contributed by atoms with Gasteiger partial charge in [-0.2, -0.15) is 0 Å². The van der Waals surface area contributed by atoms with Crippen LogP contribution >= 0.6 is 0 Å². The predicted molar refractivity (Wildman–Crippen MR) is 130 cm³/mol. The number of nitrogens with zero attached hydrogens (tertiary/aromatic N) is 2. The molecule has 3 aliphatic heterocycles. The molecule has 0 radical (unpaired) electrons. The zero-order chi connectivity index (χ0) is 24.8. The zero-order valence-electron chi connectivity index (χ0n) is 19.3. The van der Waals surface area contributed by atoms with Gasteiger partial charge in [-0.3, -0.25) is 4.79 Å². The second-order valence-corrected chi connectivity index (χ2v) is 9.27. The van der Waals surface area contributed by atoms with Crippen molar-refractivity contribution >= 4 is 22.6 Å². The third kappa shape index (κ3) is 2.66. The van der Waals surface area contributed by atoms with Gasteiger partial charge in [-0.15, -0.1) is 0 Å². The first-order valence-corrected chi connectivity index (χ1v) is 11.7. The number of rotatable bonds is 2. The highest BCUT2D eigenvalue weighted by Crippen LogP contribution is 2.46. The number of aromatic nitrogens is 2. The lowest BCUT2D eigenvalue weighted by Gasteiger charge is -2.31. The average Bonchev–Trinajstić information content (AvgIpc) is 3.48. The molecule has 5 heterocycles. The van der Waals surface area contributed by atoms with Crippen molar-refractivity contribution in [2.24, 2.45) is 0 Å². The van der Waals surface area contributed by atoms with Crippen molar-refractivity contribution in [1.29, 1.82) is 0 Å². The minimum absolute atomic E-state index is 0.0811. The number of aliphatic hydroxyl groups is 1. The number of fused-ring (bicyclic) bond motifs is 6. The molecule has 0 saturated carbocycles. The van der Waals surface area contributed by atoms with Crippen LogP contribution in [-0.2, 0) is 28.3 Å². The fourth-order valence-electron chi connectivity index (χ4n) is 5.49. The zero-order valence-corrected chi connectivity index (χ0v) is 19.3. The van der Waals surface area contributed by atoms with E-state index in [1.54, 1.807) is 17.6 Å². The Morgan fingerprint density at radius 2 is 1.89 bits per heavy atom. The van der Waals surface area contributed by atoms with Gasteiger partial charge in [0.25, 0.3) is 5.56 Å². The average molecular weight is 483 g/mol. The third-order valence-corrected chi connectivity index (χ3v) is 7.36. The van der Waals surface area contributed by atoms with Crippen LogP contribution in [0.25, 0.3) is 33.4 Å². The van der Waals surface area contributed by atoms with Gasteiger partial charge in [0.2, 0.25) is 6.79 Å². The maximum atomic E-state index is 13.6. The van der Waals surface area contributed by atoms with Gasteiger partial charge in [0.1, 0.15) is 6.61 Å². The molecule has 7 rings (SSSR count). The fourth-order valence-corrected chi connectivity index (χ4v) is 5.49. The molecule has 0 aliphatic carbocycles. The van der Waals surface area contributed by atoms with Crippen LogP contribution < -0.4 is 20.8 Å². The number of benzene rings is 2. The van der Waals surface area contributed by atoms with E-state index in [4.69, 9.17) is 24.9 Å². The smallest absolute Gasteiger partial charge is 0.343 e. The number of esters is 1. The van der Waals surface area contributed by atoms with Crippen LogP contribution in [0.2, 0.25) is 0 Å². The molecule has 180 valence electrons. The molecule has 9 heteroatoms. The maximum Gasteiger partial charge on any atom is 0.343 e. The molecule has 36 heavy (non-hydrogen) atoms. The molecule has 4 aromatic rings. The lowest BCUT2D eigenvalue weighted by molar-refractivity contribution is -0.172. The Kier molecular flexibility index (Phi) is 4.12. The first-order valence-electron chi connectivity index (χ1n) is 11.7. The largest absolute Gasteiger partial charge is 0.458 e. The van der Waals surface area contributed by atoms with Crippen LogP contribution in [-0.4, -0.2) is 27.4 Å². The van der Waals surface area contributed by atoms with E-state index >= 15 is 0 Å². The van der Waals surface area contributed by atoms with Crippen LogP contribution in [0.5, 0.6) is 11.5 Å². The van der Waals surface area contributed by atoms with Gasteiger partial charge in [-0.05, 0) is 41.8 Å². The number of pyridine rings is 2. The minimum Gasteiger partial charge on any atom is -0.458 e. The Morgan fingerprint density at radius 1 is 1.08 bits per heavy atom. The molecule has 0 saturated heterocycles. The summed E-state index contributed by atoms with van der Waals surface area (Å²) in [7, 11) is 0. The Morgan fingerprint density at radius 3 is 2.67 bits per heavy atom. The number of hydrogen-bond donors (Lipinski definition) is 2. The monoisotopic (exact) mass is 483 g/mol. The summed E-state index contributed by atoms with van der Waals surface area (Å²) in [6, 6.07) is 13.0. The molecule has 0 unspecified atom stereocenters. The number of cyclic esters (lactones) is 1. The summed E-state index contributed by atoms with van der Waals surface area (Å²) in [4.78, 5) is 31.0. The van der Waals surface area contributed by atoms with E-state index in [0.717, 1.165) is 22.1 Å². The molecule has 9 nitrogen and oxygen atoms in total. The summed E-state index contributed by atoms with van der Waals surface area (Å²) in [6.45, 7) is 1.91. The van der Waals surface area contributed by atoms with Gasteiger partial charge in [0.15, 0.2) is 17.1 Å². The number of hydrogen-bond acceptors (Lipinski definition) is 8. The van der Waals surface area contributed by atoms with E-state index in [9.17, 15) is 14.7 Å². The van der Waals surface area contributed by atoms with E-state index in [1.807, 2.05) is 36.4 Å². The Balaban J connectivity index is 1.57. The van der Waals surface area contributed by atoms with E-state index in [0.29, 0.717) is 34.1 Å². The third-order valence-electron chi connectivity index (χ3n) is 7.36. The number of anilines is 1. The number of carbonyl (C=O) groups is 1. The molecular formula is C27H21N3O6. The molecule has 1 atom stereocenters. The minimum atomic E-state index is -1.88. The lowest BCUT2D eigenvalue weighted by atomic mass is 9.86. The summed E-state index contributed by atoms with van der Waals surface area (Å²) in [6.07, 6.45) is 0.0811. The normalized spacial score (nSPS) is 19.1. The van der Waals surface area contributed by atoms with Crippen molar-refractivity contribution < 1.29 is 24.1 Å². The summed E-state index contributed by atoms with van der Waals surface area (Å²) < 4.78 is 18.0. The van der Waals surface area contributed by atoms with Crippen LogP contribution in [0, 0.1) is 0 Å². The Labute approximate surface area is 204 Å². The number of nitrogen functional groups attached to an aromatic ring is 1. The summed E-state index contributed by atoms with van der Waals surface area (Å²) in [5.41, 5.74) is 9.55. The van der Waals surface area contributed by atoms with Crippen molar-refractivity contribution in [3.8, 4) is 34.0 Å². The summed E-state index contributed by atoms with van der Waals surface area (Å²) in [5.74, 6) is 0.471. The van der Waals surface area contributed by atoms with Crippen molar-refractivity contribution in [2.45, 2.75) is 32.1 Å². The number of nitrogens with two attached hydrogens (primary N) is 1. The topological polar surface area (TPSA) is 126 Å². The highest BCUT2D eigenvalue weighted by molar-refractivity contribution is 6.01. The van der Waals surface area contributed by atoms with Crippen molar-refractivity contribution in [3.05, 3.63) is 69.5 Å². The Hall–Kier alpha value is -4.37. The first kappa shape index (κ1) is 21.0. The molecule has 2 aromatic heterocycles. The number of carbonyl (C=O) groups excluding carboxylic acids is 1.